The normalized spacial score (nSPS) is 11.6. The lowest BCUT2D eigenvalue weighted by Gasteiger charge is -2.11. The lowest BCUT2D eigenvalue weighted by atomic mass is 10.3. The van der Waals surface area contributed by atoms with Crippen LogP contribution in [0.25, 0.3) is 0 Å². The molecule has 108 valence electrons. The largest absolute Gasteiger partial charge is 0.373 e. The predicted octanol–water partition coefficient (Wildman–Crippen LogP) is 1.92. The molecule has 0 aliphatic heterocycles. The van der Waals surface area contributed by atoms with Crippen LogP contribution in [-0.4, -0.2) is 43.2 Å². The van der Waals surface area contributed by atoms with Gasteiger partial charge in [0, 0.05) is 31.0 Å². The zero-order valence-electron chi connectivity index (χ0n) is 11.9. The summed E-state index contributed by atoms with van der Waals surface area (Å²) in [7, 11) is -1.09. The fourth-order valence-corrected chi connectivity index (χ4v) is 3.77. The van der Waals surface area contributed by atoms with Gasteiger partial charge in [0.1, 0.15) is 26.5 Å². The highest BCUT2D eigenvalue weighted by atomic mass is 32.2. The van der Waals surface area contributed by atoms with Gasteiger partial charge < -0.3 is 5.32 Å². The Morgan fingerprint density at radius 1 is 1.32 bits per heavy atom. The molecule has 0 aliphatic carbocycles. The molecule has 1 aromatic heterocycles. The number of aromatic nitrogens is 2. The van der Waals surface area contributed by atoms with Gasteiger partial charge in [0.05, 0.1) is 5.75 Å². The maximum Gasteiger partial charge on any atom is 0.148 e. The Bertz CT molecular complexity index is 530. The van der Waals surface area contributed by atoms with Gasteiger partial charge in [-0.25, -0.2) is 18.4 Å². The molecule has 1 heterocycles. The van der Waals surface area contributed by atoms with Crippen LogP contribution in [0.2, 0.25) is 0 Å². The van der Waals surface area contributed by atoms with Crippen molar-refractivity contribution in [3.63, 3.8) is 0 Å². The van der Waals surface area contributed by atoms with Gasteiger partial charge in [-0.2, -0.15) is 0 Å². The van der Waals surface area contributed by atoms with Crippen molar-refractivity contribution in [2.75, 3.05) is 30.1 Å². The summed E-state index contributed by atoms with van der Waals surface area (Å²) < 4.78 is 22.3. The molecule has 0 fully saturated rings. The van der Waals surface area contributed by atoms with E-state index in [4.69, 9.17) is 0 Å². The zero-order valence-corrected chi connectivity index (χ0v) is 13.5. The van der Waals surface area contributed by atoms with E-state index in [-0.39, 0.29) is 5.75 Å². The molecule has 0 saturated heterocycles. The van der Waals surface area contributed by atoms with Gasteiger partial charge in [-0.15, -0.1) is 11.8 Å². The molecule has 0 radical (unpaired) electrons. The first-order chi connectivity index (χ1) is 8.87. The van der Waals surface area contributed by atoms with Gasteiger partial charge in [0.15, 0.2) is 0 Å². The molecule has 0 aromatic carbocycles. The Morgan fingerprint density at radius 2 is 2.00 bits per heavy atom. The molecule has 0 saturated carbocycles. The Morgan fingerprint density at radius 3 is 2.53 bits per heavy atom. The molecule has 0 spiro atoms. The van der Waals surface area contributed by atoms with Crippen LogP contribution >= 0.6 is 11.8 Å². The Kier molecular flexibility index (Phi) is 6.06. The fourth-order valence-electron chi connectivity index (χ4n) is 1.55. The summed E-state index contributed by atoms with van der Waals surface area (Å²) in [6, 6.07) is 0. The first-order valence-electron chi connectivity index (χ1n) is 6.23. The van der Waals surface area contributed by atoms with E-state index in [1.165, 1.54) is 18.0 Å². The SMILES string of the molecule is CCCc1nc(NC)c(C)c(SCCS(C)(=O)=O)n1. The van der Waals surface area contributed by atoms with Crippen LogP contribution in [0, 0.1) is 6.92 Å². The minimum atomic E-state index is -2.92. The standard InChI is InChI=1S/C12H21N3O2S2/c1-5-6-10-14-11(13-3)9(2)12(15-10)18-7-8-19(4,16)17/h5-8H2,1-4H3,(H,13,14,15). The Hall–Kier alpha value is -0.820. The predicted molar refractivity (Wildman–Crippen MR) is 80.7 cm³/mol. The van der Waals surface area contributed by atoms with E-state index in [2.05, 4.69) is 22.2 Å². The van der Waals surface area contributed by atoms with E-state index in [0.29, 0.717) is 5.75 Å². The van der Waals surface area contributed by atoms with Gasteiger partial charge in [0.25, 0.3) is 0 Å². The van der Waals surface area contributed by atoms with Crippen LogP contribution in [0.4, 0.5) is 5.82 Å². The van der Waals surface area contributed by atoms with E-state index >= 15 is 0 Å². The maximum atomic E-state index is 11.1. The summed E-state index contributed by atoms with van der Waals surface area (Å²) >= 11 is 1.47. The van der Waals surface area contributed by atoms with Crippen LogP contribution in [0.5, 0.6) is 0 Å². The van der Waals surface area contributed by atoms with Gasteiger partial charge in [0.2, 0.25) is 0 Å². The molecule has 0 aliphatic rings. The first kappa shape index (κ1) is 16.2. The molecule has 1 N–H and O–H groups in total. The highest BCUT2D eigenvalue weighted by Gasteiger charge is 2.11. The molecule has 1 rings (SSSR count). The zero-order chi connectivity index (χ0) is 14.5. The van der Waals surface area contributed by atoms with Gasteiger partial charge in [-0.3, -0.25) is 0 Å². The van der Waals surface area contributed by atoms with Crippen LogP contribution in [0.3, 0.4) is 0 Å². The summed E-state index contributed by atoms with van der Waals surface area (Å²) in [6.07, 6.45) is 3.07. The van der Waals surface area contributed by atoms with Crippen molar-refractivity contribution in [1.29, 1.82) is 0 Å². The Labute approximate surface area is 119 Å². The molecule has 1 aromatic rings. The van der Waals surface area contributed by atoms with Crippen LogP contribution in [0.15, 0.2) is 5.03 Å². The maximum absolute atomic E-state index is 11.1. The summed E-state index contributed by atoms with van der Waals surface area (Å²) in [5, 5.41) is 3.93. The third kappa shape index (κ3) is 5.36. The van der Waals surface area contributed by atoms with Crippen molar-refractivity contribution >= 4 is 27.4 Å². The lowest BCUT2D eigenvalue weighted by molar-refractivity contribution is 0.603. The first-order valence-corrected chi connectivity index (χ1v) is 9.27. The number of sulfone groups is 1. The number of thioether (sulfide) groups is 1. The monoisotopic (exact) mass is 303 g/mol. The summed E-state index contributed by atoms with van der Waals surface area (Å²) in [5.74, 6) is 2.31. The number of anilines is 1. The summed E-state index contributed by atoms with van der Waals surface area (Å²) in [5.41, 5.74) is 0.973. The van der Waals surface area contributed by atoms with Crippen LogP contribution in [-0.2, 0) is 16.3 Å². The van der Waals surface area contributed by atoms with Crippen molar-refractivity contribution in [3.05, 3.63) is 11.4 Å². The summed E-state index contributed by atoms with van der Waals surface area (Å²) in [4.78, 5) is 8.95. The minimum absolute atomic E-state index is 0.166. The molecule has 19 heavy (non-hydrogen) atoms. The number of nitrogens with one attached hydrogen (secondary N) is 1. The number of hydrogen-bond donors (Lipinski definition) is 1. The molecule has 0 amide bonds. The highest BCUT2D eigenvalue weighted by molar-refractivity contribution is 8.00. The molecular weight excluding hydrogens is 282 g/mol. The quantitative estimate of drug-likeness (QED) is 0.613. The van der Waals surface area contributed by atoms with E-state index in [1.54, 1.807) is 0 Å². The van der Waals surface area contributed by atoms with Crippen molar-refractivity contribution in [2.24, 2.45) is 0 Å². The van der Waals surface area contributed by atoms with E-state index < -0.39 is 9.84 Å². The lowest BCUT2D eigenvalue weighted by Crippen LogP contribution is -2.08. The third-order valence-electron chi connectivity index (χ3n) is 2.55. The van der Waals surface area contributed by atoms with Crippen molar-refractivity contribution in [3.8, 4) is 0 Å². The molecule has 7 heteroatoms. The minimum Gasteiger partial charge on any atom is -0.373 e. The van der Waals surface area contributed by atoms with Crippen LogP contribution < -0.4 is 5.32 Å². The van der Waals surface area contributed by atoms with Gasteiger partial charge >= 0.3 is 0 Å². The van der Waals surface area contributed by atoms with E-state index in [1.807, 2.05) is 14.0 Å². The fraction of sp³-hybridized carbons (Fsp3) is 0.667. The molecule has 0 unspecified atom stereocenters. The second-order valence-electron chi connectivity index (χ2n) is 4.40. The van der Waals surface area contributed by atoms with Crippen molar-refractivity contribution in [2.45, 2.75) is 31.7 Å². The van der Waals surface area contributed by atoms with Gasteiger partial charge in [-0.1, -0.05) is 6.92 Å². The highest BCUT2D eigenvalue weighted by Crippen LogP contribution is 2.25. The average molecular weight is 303 g/mol. The van der Waals surface area contributed by atoms with E-state index in [9.17, 15) is 8.42 Å². The third-order valence-corrected chi connectivity index (χ3v) is 4.83. The number of aryl methyl sites for hydroxylation is 1. The number of nitrogens with zero attached hydrogens (tertiary/aromatic N) is 2. The van der Waals surface area contributed by atoms with Crippen molar-refractivity contribution in [1.82, 2.24) is 9.97 Å². The molecule has 0 bridgehead atoms. The Balaban J connectivity index is 2.88. The summed E-state index contributed by atoms with van der Waals surface area (Å²) in [6.45, 7) is 4.03. The van der Waals surface area contributed by atoms with Gasteiger partial charge in [-0.05, 0) is 13.3 Å². The molecule has 0 atom stereocenters. The average Bonchev–Trinajstić information content (AvgIpc) is 2.31. The second-order valence-corrected chi connectivity index (χ2v) is 7.74. The topological polar surface area (TPSA) is 72.0 Å². The smallest absolute Gasteiger partial charge is 0.148 e. The second kappa shape index (κ2) is 7.09. The van der Waals surface area contributed by atoms with E-state index in [0.717, 1.165) is 35.1 Å². The molecule has 5 nitrogen and oxygen atoms in total. The van der Waals surface area contributed by atoms with Crippen LogP contribution in [0.1, 0.15) is 24.7 Å². The van der Waals surface area contributed by atoms with Crippen molar-refractivity contribution < 1.29 is 8.42 Å². The molecular formula is C12H21N3O2S2. The number of hydrogen-bond acceptors (Lipinski definition) is 6. The number of rotatable bonds is 7.